The first-order chi connectivity index (χ1) is 10.2. The number of ether oxygens (including phenoxy) is 2. The highest BCUT2D eigenvalue weighted by atomic mass is 35.5. The van der Waals surface area contributed by atoms with Crippen LogP contribution in [0, 0.1) is 0 Å². The first kappa shape index (κ1) is 14.4. The maximum atomic E-state index is 10.7. The minimum atomic E-state index is -0.520. The van der Waals surface area contributed by atoms with E-state index in [-0.39, 0.29) is 6.10 Å². The van der Waals surface area contributed by atoms with Gasteiger partial charge in [-0.05, 0) is 44.6 Å². The second-order valence-corrected chi connectivity index (χ2v) is 6.18. The molecule has 2 fully saturated rings. The maximum absolute atomic E-state index is 10.7. The molecule has 0 unspecified atom stereocenters. The van der Waals surface area contributed by atoms with Crippen molar-refractivity contribution in [1.82, 2.24) is 0 Å². The Bertz CT molecular complexity index is 585. The Kier molecular flexibility index (Phi) is 3.92. The third-order valence-electron chi connectivity index (χ3n) is 4.31. The Balaban J connectivity index is 2.03. The highest BCUT2D eigenvalue weighted by Crippen LogP contribution is 2.55. The molecule has 0 heterocycles. The lowest BCUT2D eigenvalue weighted by Crippen LogP contribution is -2.15. The van der Waals surface area contributed by atoms with E-state index in [4.69, 9.17) is 21.1 Å². The van der Waals surface area contributed by atoms with Gasteiger partial charge in [-0.1, -0.05) is 11.6 Å². The molecule has 0 saturated heterocycles. The summed E-state index contributed by atoms with van der Waals surface area (Å²) in [5.41, 5.74) is 0.329. The fourth-order valence-corrected chi connectivity index (χ4v) is 3.22. The molecule has 0 N–H and O–H groups in total. The predicted molar refractivity (Wildman–Crippen MR) is 79.9 cm³/mol. The number of aliphatic imine (C=N–C) groups is 1. The highest BCUT2D eigenvalue weighted by Gasteiger charge is 2.48. The molecule has 21 heavy (non-hydrogen) atoms. The second kappa shape index (κ2) is 5.70. The number of hydrogen-bond donors (Lipinski definition) is 0. The van der Waals surface area contributed by atoms with E-state index in [1.807, 2.05) is 6.07 Å². The molecular formula is C16H18ClNO3. The lowest BCUT2D eigenvalue weighted by Gasteiger charge is -2.22. The van der Waals surface area contributed by atoms with E-state index in [9.17, 15) is 4.79 Å². The fraction of sp³-hybridized carbons (Fsp3) is 0.562. The summed E-state index contributed by atoms with van der Waals surface area (Å²) in [6, 6.07) is 3.58. The summed E-state index contributed by atoms with van der Waals surface area (Å²) in [6.07, 6.45) is 7.99. The van der Waals surface area contributed by atoms with Crippen LogP contribution < -0.4 is 9.47 Å². The lowest BCUT2D eigenvalue weighted by atomic mass is 10.0. The summed E-state index contributed by atoms with van der Waals surface area (Å²) in [7, 11) is 1.60. The normalized spacial score (nSPS) is 19.9. The van der Waals surface area contributed by atoms with Crippen molar-refractivity contribution in [3.63, 3.8) is 0 Å². The number of benzene rings is 1. The van der Waals surface area contributed by atoms with Crippen molar-refractivity contribution in [1.29, 1.82) is 0 Å². The Labute approximate surface area is 129 Å². The number of methoxy groups -OCH3 is 1. The average Bonchev–Trinajstić information content (AvgIpc) is 3.07. The Morgan fingerprint density at radius 2 is 2.05 bits per heavy atom. The van der Waals surface area contributed by atoms with Gasteiger partial charge in [0.15, 0.2) is 11.5 Å². The van der Waals surface area contributed by atoms with E-state index in [0.717, 1.165) is 31.2 Å². The quantitative estimate of drug-likeness (QED) is 0.610. The maximum Gasteiger partial charge on any atom is 0.235 e. The van der Waals surface area contributed by atoms with Crippen LogP contribution in [0.4, 0.5) is 0 Å². The minimum Gasteiger partial charge on any atom is -0.493 e. The van der Waals surface area contributed by atoms with Gasteiger partial charge in [-0.2, -0.15) is 4.99 Å². The molecule has 0 amide bonds. The molecule has 2 aliphatic rings. The van der Waals surface area contributed by atoms with Crippen LogP contribution >= 0.6 is 11.6 Å². The number of isocyanates is 1. The molecular weight excluding hydrogens is 290 g/mol. The van der Waals surface area contributed by atoms with Gasteiger partial charge in [-0.25, -0.2) is 4.79 Å². The van der Waals surface area contributed by atoms with Crippen molar-refractivity contribution >= 4 is 17.7 Å². The fourth-order valence-electron chi connectivity index (χ4n) is 3.01. The van der Waals surface area contributed by atoms with Gasteiger partial charge in [-0.15, -0.1) is 0 Å². The standard InChI is InChI=1S/C16H18ClNO3/c1-20-14-9-11(17)8-13(16(6-7-16)18-10-19)15(14)21-12-4-2-3-5-12/h8-9,12H,2-7H2,1H3. The van der Waals surface area contributed by atoms with Crippen molar-refractivity contribution in [3.8, 4) is 11.5 Å². The topological polar surface area (TPSA) is 47.9 Å². The van der Waals surface area contributed by atoms with Gasteiger partial charge >= 0.3 is 0 Å². The predicted octanol–water partition coefficient (Wildman–Crippen LogP) is 3.99. The van der Waals surface area contributed by atoms with E-state index >= 15 is 0 Å². The van der Waals surface area contributed by atoms with Crippen LogP contribution in [0.25, 0.3) is 0 Å². The van der Waals surface area contributed by atoms with Crippen LogP contribution in [0.1, 0.15) is 44.1 Å². The summed E-state index contributed by atoms with van der Waals surface area (Å²) in [6.45, 7) is 0. The molecule has 0 aliphatic heterocycles. The molecule has 1 aromatic rings. The summed E-state index contributed by atoms with van der Waals surface area (Å²) in [5, 5.41) is 0.563. The summed E-state index contributed by atoms with van der Waals surface area (Å²) < 4.78 is 11.6. The molecule has 3 rings (SSSR count). The monoisotopic (exact) mass is 307 g/mol. The van der Waals surface area contributed by atoms with E-state index in [1.54, 1.807) is 19.3 Å². The van der Waals surface area contributed by atoms with E-state index in [2.05, 4.69) is 4.99 Å². The van der Waals surface area contributed by atoms with E-state index in [1.165, 1.54) is 12.8 Å². The van der Waals surface area contributed by atoms with Crippen molar-refractivity contribution in [2.24, 2.45) is 4.99 Å². The molecule has 0 atom stereocenters. The second-order valence-electron chi connectivity index (χ2n) is 5.74. The third kappa shape index (κ3) is 2.78. The molecule has 1 aromatic carbocycles. The van der Waals surface area contributed by atoms with Crippen LogP contribution in [0.3, 0.4) is 0 Å². The Morgan fingerprint density at radius 3 is 2.62 bits per heavy atom. The zero-order chi connectivity index (χ0) is 14.9. The highest BCUT2D eigenvalue weighted by molar-refractivity contribution is 6.30. The van der Waals surface area contributed by atoms with Crippen molar-refractivity contribution < 1.29 is 14.3 Å². The largest absolute Gasteiger partial charge is 0.493 e. The number of hydrogen-bond acceptors (Lipinski definition) is 4. The third-order valence-corrected chi connectivity index (χ3v) is 4.53. The number of nitrogens with zero attached hydrogens (tertiary/aromatic N) is 1. The first-order valence-corrected chi connectivity index (χ1v) is 7.70. The zero-order valence-corrected chi connectivity index (χ0v) is 12.8. The van der Waals surface area contributed by atoms with Gasteiger partial charge in [0.25, 0.3) is 0 Å². The molecule has 4 nitrogen and oxygen atoms in total. The van der Waals surface area contributed by atoms with Gasteiger partial charge in [0, 0.05) is 16.7 Å². The lowest BCUT2D eigenvalue weighted by molar-refractivity contribution is 0.197. The van der Waals surface area contributed by atoms with E-state index < -0.39 is 5.54 Å². The van der Waals surface area contributed by atoms with Crippen molar-refractivity contribution in [2.45, 2.75) is 50.2 Å². The summed E-state index contributed by atoms with van der Waals surface area (Å²) in [5.74, 6) is 1.29. The summed E-state index contributed by atoms with van der Waals surface area (Å²) in [4.78, 5) is 14.7. The van der Waals surface area contributed by atoms with Gasteiger partial charge in [0.1, 0.15) is 5.54 Å². The molecule has 112 valence electrons. The molecule has 5 heteroatoms. The first-order valence-electron chi connectivity index (χ1n) is 7.32. The number of carbonyl (C=O) groups excluding carboxylic acids is 1. The number of halogens is 1. The van der Waals surface area contributed by atoms with Crippen LogP contribution in [0.5, 0.6) is 11.5 Å². The number of rotatable bonds is 5. The molecule has 0 radical (unpaired) electrons. The minimum absolute atomic E-state index is 0.204. The molecule has 2 aliphatic carbocycles. The molecule has 0 aromatic heterocycles. The van der Waals surface area contributed by atoms with Gasteiger partial charge < -0.3 is 9.47 Å². The zero-order valence-electron chi connectivity index (χ0n) is 12.0. The summed E-state index contributed by atoms with van der Waals surface area (Å²) >= 11 is 6.18. The average molecular weight is 308 g/mol. The van der Waals surface area contributed by atoms with Gasteiger partial charge in [0.05, 0.1) is 13.2 Å². The van der Waals surface area contributed by atoms with Crippen LogP contribution in [-0.4, -0.2) is 19.3 Å². The molecule has 0 spiro atoms. The van der Waals surface area contributed by atoms with Crippen LogP contribution in [0.2, 0.25) is 5.02 Å². The molecule has 2 saturated carbocycles. The smallest absolute Gasteiger partial charge is 0.235 e. The Hall–Kier alpha value is -1.51. The van der Waals surface area contributed by atoms with Crippen molar-refractivity contribution in [2.75, 3.05) is 7.11 Å². The van der Waals surface area contributed by atoms with Gasteiger partial charge in [-0.3, -0.25) is 0 Å². The van der Waals surface area contributed by atoms with Crippen LogP contribution in [-0.2, 0) is 10.3 Å². The van der Waals surface area contributed by atoms with E-state index in [0.29, 0.717) is 16.5 Å². The SMILES string of the molecule is COc1cc(Cl)cc(C2(N=C=O)CC2)c1OC1CCCC1. The Morgan fingerprint density at radius 1 is 1.33 bits per heavy atom. The molecule has 0 bridgehead atoms. The van der Waals surface area contributed by atoms with Crippen LogP contribution in [0.15, 0.2) is 17.1 Å². The van der Waals surface area contributed by atoms with Crippen molar-refractivity contribution in [3.05, 3.63) is 22.7 Å². The van der Waals surface area contributed by atoms with Gasteiger partial charge in [0.2, 0.25) is 6.08 Å².